The Morgan fingerprint density at radius 1 is 1.20 bits per heavy atom. The van der Waals surface area contributed by atoms with Crippen molar-refractivity contribution in [3.63, 3.8) is 0 Å². The van der Waals surface area contributed by atoms with Crippen LogP contribution in [0.1, 0.15) is 45.6 Å². The number of aliphatic carboxylic acids is 1. The fraction of sp³-hybridized carbons (Fsp3) is 0.500. The molecule has 0 radical (unpaired) electrons. The second-order valence-electron chi connectivity index (χ2n) is 5.92. The van der Waals surface area contributed by atoms with Crippen molar-refractivity contribution in [2.45, 2.75) is 46.1 Å². The summed E-state index contributed by atoms with van der Waals surface area (Å²) in [6, 6.07) is 9.88. The largest absolute Gasteiger partial charge is 0.481 e. The molecule has 20 heavy (non-hydrogen) atoms. The molecule has 1 aromatic carbocycles. The van der Waals surface area contributed by atoms with E-state index in [9.17, 15) is 9.59 Å². The molecule has 4 nitrogen and oxygen atoms in total. The van der Waals surface area contributed by atoms with Crippen LogP contribution in [-0.4, -0.2) is 23.0 Å². The molecule has 0 aromatic heterocycles. The molecule has 0 aliphatic carbocycles. The van der Waals surface area contributed by atoms with Crippen molar-refractivity contribution in [1.82, 2.24) is 5.32 Å². The van der Waals surface area contributed by atoms with Crippen molar-refractivity contribution in [2.75, 3.05) is 0 Å². The molecule has 0 fully saturated rings. The molecule has 0 saturated heterocycles. The minimum Gasteiger partial charge on any atom is -0.481 e. The molecule has 110 valence electrons. The molecular weight excluding hydrogens is 254 g/mol. The number of rotatable bonds is 6. The zero-order valence-electron chi connectivity index (χ0n) is 12.5. The predicted molar refractivity (Wildman–Crippen MR) is 78.5 cm³/mol. The maximum Gasteiger partial charge on any atom is 0.309 e. The predicted octanol–water partition coefficient (Wildman–Crippen LogP) is 2.80. The van der Waals surface area contributed by atoms with Crippen LogP contribution in [0.5, 0.6) is 0 Å². The van der Waals surface area contributed by atoms with E-state index in [1.807, 2.05) is 44.2 Å². The molecule has 1 amide bonds. The summed E-state index contributed by atoms with van der Waals surface area (Å²) < 4.78 is 0. The van der Waals surface area contributed by atoms with Gasteiger partial charge in [0.15, 0.2) is 0 Å². The number of carboxylic acids is 1. The van der Waals surface area contributed by atoms with Gasteiger partial charge in [-0.25, -0.2) is 0 Å². The van der Waals surface area contributed by atoms with E-state index in [0.717, 1.165) is 5.56 Å². The average Bonchev–Trinajstić information content (AvgIpc) is 2.37. The molecule has 4 heteroatoms. The van der Waals surface area contributed by atoms with E-state index < -0.39 is 11.4 Å². The van der Waals surface area contributed by atoms with Crippen molar-refractivity contribution in [3.05, 3.63) is 35.9 Å². The number of hydrogen-bond acceptors (Lipinski definition) is 2. The maximum atomic E-state index is 11.9. The van der Waals surface area contributed by atoms with Crippen LogP contribution in [0.4, 0.5) is 0 Å². The number of hydrogen-bond donors (Lipinski definition) is 2. The summed E-state index contributed by atoms with van der Waals surface area (Å²) in [6.45, 7) is 7.09. The van der Waals surface area contributed by atoms with Gasteiger partial charge in [0.05, 0.1) is 5.41 Å². The molecular formula is C16H23NO3. The Morgan fingerprint density at radius 2 is 1.75 bits per heavy atom. The zero-order chi connectivity index (χ0) is 15.3. The smallest absolute Gasteiger partial charge is 0.309 e. The van der Waals surface area contributed by atoms with E-state index in [-0.39, 0.29) is 24.3 Å². The summed E-state index contributed by atoms with van der Waals surface area (Å²) in [4.78, 5) is 23.0. The Bertz CT molecular complexity index is 468. The highest BCUT2D eigenvalue weighted by Crippen LogP contribution is 2.22. The first-order valence-electron chi connectivity index (χ1n) is 6.82. The Morgan fingerprint density at radius 3 is 2.25 bits per heavy atom. The molecule has 0 aliphatic rings. The fourth-order valence-corrected chi connectivity index (χ4v) is 1.95. The quantitative estimate of drug-likeness (QED) is 0.840. The van der Waals surface area contributed by atoms with Crippen LogP contribution >= 0.6 is 0 Å². The van der Waals surface area contributed by atoms with Crippen LogP contribution in [0.15, 0.2) is 30.3 Å². The highest BCUT2D eigenvalue weighted by molar-refractivity contribution is 5.84. The van der Waals surface area contributed by atoms with E-state index in [1.165, 1.54) is 0 Å². The van der Waals surface area contributed by atoms with Crippen LogP contribution in [0.25, 0.3) is 0 Å². The standard InChI is InChI=1S/C16H23NO3/c1-11(13-8-6-5-7-9-13)12(2)17-14(18)10-16(3,4)15(19)20/h5-9,11-12H,10H2,1-4H3,(H,17,18)(H,19,20). The summed E-state index contributed by atoms with van der Waals surface area (Å²) >= 11 is 0. The first kappa shape index (κ1) is 16.2. The van der Waals surface area contributed by atoms with Gasteiger partial charge >= 0.3 is 5.97 Å². The third kappa shape index (κ3) is 4.37. The maximum absolute atomic E-state index is 11.9. The average molecular weight is 277 g/mol. The monoisotopic (exact) mass is 277 g/mol. The third-order valence-electron chi connectivity index (χ3n) is 3.65. The molecule has 1 aromatic rings. The van der Waals surface area contributed by atoms with Crippen molar-refractivity contribution in [2.24, 2.45) is 5.41 Å². The van der Waals surface area contributed by atoms with Gasteiger partial charge in [-0.05, 0) is 26.3 Å². The number of amides is 1. The van der Waals surface area contributed by atoms with Gasteiger partial charge in [-0.3, -0.25) is 9.59 Å². The second kappa shape index (κ2) is 6.55. The molecule has 0 saturated carbocycles. The molecule has 0 heterocycles. The molecule has 0 bridgehead atoms. The molecule has 1 rings (SSSR count). The van der Waals surface area contributed by atoms with Crippen molar-refractivity contribution in [3.8, 4) is 0 Å². The topological polar surface area (TPSA) is 66.4 Å². The lowest BCUT2D eigenvalue weighted by Gasteiger charge is -2.24. The molecule has 2 N–H and O–H groups in total. The van der Waals surface area contributed by atoms with Crippen LogP contribution in [0, 0.1) is 5.41 Å². The van der Waals surface area contributed by atoms with Crippen LogP contribution in [-0.2, 0) is 9.59 Å². The lowest BCUT2D eigenvalue weighted by molar-refractivity contribution is -0.149. The lowest BCUT2D eigenvalue weighted by atomic mass is 9.88. The van der Waals surface area contributed by atoms with Crippen molar-refractivity contribution >= 4 is 11.9 Å². The third-order valence-corrected chi connectivity index (χ3v) is 3.65. The highest BCUT2D eigenvalue weighted by Gasteiger charge is 2.30. The minimum absolute atomic E-state index is 0.0197. The molecule has 0 aliphatic heterocycles. The van der Waals surface area contributed by atoms with Crippen molar-refractivity contribution in [1.29, 1.82) is 0 Å². The van der Waals surface area contributed by atoms with Gasteiger partial charge in [-0.15, -0.1) is 0 Å². The Hall–Kier alpha value is -1.84. The fourth-order valence-electron chi connectivity index (χ4n) is 1.95. The number of nitrogens with one attached hydrogen (secondary N) is 1. The Balaban J connectivity index is 2.60. The summed E-state index contributed by atoms with van der Waals surface area (Å²) in [5.41, 5.74) is 0.109. The zero-order valence-corrected chi connectivity index (χ0v) is 12.5. The number of carbonyl (C=O) groups excluding carboxylic acids is 1. The van der Waals surface area contributed by atoms with Gasteiger partial charge in [-0.1, -0.05) is 37.3 Å². The van der Waals surface area contributed by atoms with Gasteiger partial charge < -0.3 is 10.4 Å². The van der Waals surface area contributed by atoms with Gasteiger partial charge in [-0.2, -0.15) is 0 Å². The number of carboxylic acid groups (broad SMARTS) is 1. The van der Waals surface area contributed by atoms with Gasteiger partial charge in [0.25, 0.3) is 0 Å². The SMILES string of the molecule is CC(NC(=O)CC(C)(C)C(=O)O)C(C)c1ccccc1. The van der Waals surface area contributed by atoms with E-state index in [0.29, 0.717) is 0 Å². The lowest BCUT2D eigenvalue weighted by Crippen LogP contribution is -2.39. The first-order chi connectivity index (χ1) is 9.24. The van der Waals surface area contributed by atoms with Gasteiger partial charge in [0.1, 0.15) is 0 Å². The highest BCUT2D eigenvalue weighted by atomic mass is 16.4. The molecule has 0 spiro atoms. The Kier molecular flexibility index (Phi) is 5.31. The van der Waals surface area contributed by atoms with Crippen LogP contribution < -0.4 is 5.32 Å². The summed E-state index contributed by atoms with van der Waals surface area (Å²) in [7, 11) is 0. The minimum atomic E-state index is -1.04. The van der Waals surface area contributed by atoms with E-state index >= 15 is 0 Å². The van der Waals surface area contributed by atoms with E-state index in [1.54, 1.807) is 13.8 Å². The first-order valence-corrected chi connectivity index (χ1v) is 6.82. The number of carbonyl (C=O) groups is 2. The summed E-state index contributed by atoms with van der Waals surface area (Å²) in [5, 5.41) is 11.9. The van der Waals surface area contributed by atoms with Gasteiger partial charge in [0.2, 0.25) is 5.91 Å². The Labute approximate surface area is 120 Å². The molecule has 2 atom stereocenters. The van der Waals surface area contributed by atoms with Gasteiger partial charge in [0, 0.05) is 18.4 Å². The summed E-state index contributed by atoms with van der Waals surface area (Å²) in [5.74, 6) is -1.02. The molecule has 2 unspecified atom stereocenters. The van der Waals surface area contributed by atoms with E-state index in [2.05, 4.69) is 5.32 Å². The summed E-state index contributed by atoms with van der Waals surface area (Å²) in [6.07, 6.45) is -0.0197. The normalized spacial score (nSPS) is 14.4. The van der Waals surface area contributed by atoms with E-state index in [4.69, 9.17) is 5.11 Å². The van der Waals surface area contributed by atoms with Crippen LogP contribution in [0.3, 0.4) is 0 Å². The van der Waals surface area contributed by atoms with Crippen LogP contribution in [0.2, 0.25) is 0 Å². The number of benzene rings is 1. The second-order valence-corrected chi connectivity index (χ2v) is 5.92. The van der Waals surface area contributed by atoms with Crippen molar-refractivity contribution < 1.29 is 14.7 Å².